The highest BCUT2D eigenvalue weighted by Gasteiger charge is 2.30. The Hall–Kier alpha value is -3.89. The third kappa shape index (κ3) is 4.13. The Morgan fingerprint density at radius 3 is 2.75 bits per heavy atom. The molecular weight excluding hydrogens is 432 g/mol. The van der Waals surface area contributed by atoms with Crippen molar-refractivity contribution in [3.63, 3.8) is 0 Å². The third-order valence-corrected chi connectivity index (χ3v) is 5.82. The zero-order valence-corrected chi connectivity index (χ0v) is 17.8. The second kappa shape index (κ2) is 8.69. The molecule has 9 nitrogen and oxygen atoms in total. The molecule has 0 fully saturated rings. The Morgan fingerprint density at radius 2 is 2.00 bits per heavy atom. The number of aliphatic hydroxyl groups is 1. The summed E-state index contributed by atoms with van der Waals surface area (Å²) in [5.74, 6) is -0.966. The van der Waals surface area contributed by atoms with Gasteiger partial charge in [-0.05, 0) is 19.1 Å². The summed E-state index contributed by atoms with van der Waals surface area (Å²) in [6.07, 6.45) is 1.20. The lowest BCUT2D eigenvalue weighted by Crippen LogP contribution is -2.34. The maximum absolute atomic E-state index is 12.3. The van der Waals surface area contributed by atoms with Crippen LogP contribution in [0, 0.1) is 17.0 Å². The van der Waals surface area contributed by atoms with Gasteiger partial charge in [0.2, 0.25) is 0 Å². The van der Waals surface area contributed by atoms with Crippen LogP contribution in [0.15, 0.2) is 59.6 Å². The van der Waals surface area contributed by atoms with Crippen LogP contribution in [-0.4, -0.2) is 44.9 Å². The van der Waals surface area contributed by atoms with Gasteiger partial charge >= 0.3 is 0 Å². The maximum atomic E-state index is 12.3. The zero-order valence-electron chi connectivity index (χ0n) is 16.9. The summed E-state index contributed by atoms with van der Waals surface area (Å²) in [7, 11) is 0. The molecule has 3 aromatic rings. The van der Waals surface area contributed by atoms with E-state index in [1.165, 1.54) is 23.5 Å². The second-order valence-corrected chi connectivity index (χ2v) is 7.94. The van der Waals surface area contributed by atoms with Crippen LogP contribution in [0.3, 0.4) is 0 Å². The van der Waals surface area contributed by atoms with Crippen molar-refractivity contribution in [2.75, 3.05) is 18.5 Å². The molecule has 2 heterocycles. The van der Waals surface area contributed by atoms with Crippen LogP contribution in [0.1, 0.15) is 5.56 Å². The molecule has 4 rings (SSSR count). The number of carbonyl (C=O) groups excluding carboxylic acids is 2. The van der Waals surface area contributed by atoms with Gasteiger partial charge in [0.15, 0.2) is 0 Å². The first-order valence-electron chi connectivity index (χ1n) is 9.64. The third-order valence-electron chi connectivity index (χ3n) is 4.93. The highest BCUT2D eigenvalue weighted by atomic mass is 32.1. The van der Waals surface area contributed by atoms with E-state index < -0.39 is 16.7 Å². The van der Waals surface area contributed by atoms with Crippen molar-refractivity contribution in [3.8, 4) is 21.8 Å². The average molecular weight is 450 g/mol. The van der Waals surface area contributed by atoms with Crippen molar-refractivity contribution in [1.82, 2.24) is 9.88 Å². The molecule has 2 amide bonds. The Bertz CT molecular complexity index is 1270. The van der Waals surface area contributed by atoms with Gasteiger partial charge in [-0.1, -0.05) is 24.3 Å². The number of aromatic nitrogens is 1. The first-order valence-corrected chi connectivity index (χ1v) is 10.5. The lowest BCUT2D eigenvalue weighted by molar-refractivity contribution is -0.385. The number of rotatable bonds is 7. The summed E-state index contributed by atoms with van der Waals surface area (Å²) in [4.78, 5) is 40.6. The molecular formula is C22H18N4O5S. The molecule has 0 unspecified atom stereocenters. The predicted octanol–water partition coefficient (Wildman–Crippen LogP) is 3.35. The van der Waals surface area contributed by atoms with Crippen LogP contribution < -0.4 is 5.32 Å². The molecule has 2 aromatic carbocycles. The van der Waals surface area contributed by atoms with Gasteiger partial charge in [-0.15, -0.1) is 11.3 Å². The van der Waals surface area contributed by atoms with Crippen LogP contribution in [0.25, 0.3) is 21.8 Å². The minimum Gasteiger partial charge on any atom is -0.395 e. The Balaban J connectivity index is 1.57. The molecule has 162 valence electrons. The van der Waals surface area contributed by atoms with Crippen LogP contribution >= 0.6 is 11.3 Å². The predicted molar refractivity (Wildman–Crippen MR) is 120 cm³/mol. The number of anilines is 1. The van der Waals surface area contributed by atoms with E-state index in [1.807, 2.05) is 11.4 Å². The fraction of sp³-hybridized carbons (Fsp3) is 0.136. The smallest absolute Gasteiger partial charge is 0.277 e. The number of imide groups is 1. The van der Waals surface area contributed by atoms with Crippen LogP contribution in [0.2, 0.25) is 0 Å². The largest absolute Gasteiger partial charge is 0.395 e. The lowest BCUT2D eigenvalue weighted by atomic mass is 10.1. The summed E-state index contributed by atoms with van der Waals surface area (Å²) in [5, 5.41) is 25.7. The monoisotopic (exact) mass is 450 g/mol. The van der Waals surface area contributed by atoms with E-state index in [4.69, 9.17) is 5.11 Å². The van der Waals surface area contributed by atoms with Gasteiger partial charge in [-0.25, -0.2) is 4.98 Å². The SMILES string of the molecule is Cc1ccc(-c2csc(-c3cccc(NC4=CC(=O)N(CCO)C4=O)c3)n2)cc1[N+](=O)[O-]. The number of nitrogens with one attached hydrogen (secondary N) is 1. The van der Waals surface area contributed by atoms with Crippen LogP contribution in [-0.2, 0) is 9.59 Å². The van der Waals surface area contributed by atoms with Crippen molar-refractivity contribution in [1.29, 1.82) is 0 Å². The Morgan fingerprint density at radius 1 is 1.19 bits per heavy atom. The van der Waals surface area contributed by atoms with Crippen LogP contribution in [0.4, 0.5) is 11.4 Å². The number of nitrogens with zero attached hydrogens (tertiary/aromatic N) is 3. The van der Waals surface area contributed by atoms with E-state index in [2.05, 4.69) is 10.3 Å². The molecule has 1 aliphatic heterocycles. The van der Waals surface area contributed by atoms with Gasteiger partial charge in [-0.3, -0.25) is 24.6 Å². The number of nitro benzene ring substituents is 1. The number of aryl methyl sites for hydroxylation is 1. The van der Waals surface area contributed by atoms with Gasteiger partial charge in [0, 0.05) is 39.9 Å². The fourth-order valence-corrected chi connectivity index (χ4v) is 4.13. The number of hydrogen-bond acceptors (Lipinski definition) is 8. The lowest BCUT2D eigenvalue weighted by Gasteiger charge is -2.13. The summed E-state index contributed by atoms with van der Waals surface area (Å²) in [5.41, 5.74) is 3.43. The Labute approximate surface area is 186 Å². The molecule has 0 aliphatic carbocycles. The van der Waals surface area contributed by atoms with Crippen molar-refractivity contribution < 1.29 is 19.6 Å². The highest BCUT2D eigenvalue weighted by molar-refractivity contribution is 7.13. The molecule has 10 heteroatoms. The first-order chi connectivity index (χ1) is 15.4. The van der Waals surface area contributed by atoms with Crippen molar-refractivity contribution in [2.24, 2.45) is 0 Å². The minimum absolute atomic E-state index is 0.0440. The fourth-order valence-electron chi connectivity index (χ4n) is 3.30. The summed E-state index contributed by atoms with van der Waals surface area (Å²) < 4.78 is 0. The molecule has 1 aliphatic rings. The molecule has 0 spiro atoms. The van der Waals surface area contributed by atoms with Gasteiger partial charge < -0.3 is 10.4 Å². The molecule has 0 saturated heterocycles. The summed E-state index contributed by atoms with van der Waals surface area (Å²) in [6, 6.07) is 12.2. The number of amides is 2. The van der Waals surface area contributed by atoms with E-state index in [0.717, 1.165) is 10.5 Å². The molecule has 0 bridgehead atoms. The van der Waals surface area contributed by atoms with E-state index in [1.54, 1.807) is 37.3 Å². The number of carbonyl (C=O) groups is 2. The quantitative estimate of drug-likeness (QED) is 0.321. The van der Waals surface area contributed by atoms with Gasteiger partial charge in [0.05, 0.1) is 23.8 Å². The number of thiazole rings is 1. The van der Waals surface area contributed by atoms with Crippen molar-refractivity contribution >= 4 is 34.5 Å². The molecule has 1 aromatic heterocycles. The number of aliphatic hydroxyl groups excluding tert-OH is 1. The normalized spacial score (nSPS) is 13.4. The number of hydrogen-bond donors (Lipinski definition) is 2. The highest BCUT2D eigenvalue weighted by Crippen LogP contribution is 2.32. The summed E-state index contributed by atoms with van der Waals surface area (Å²) >= 11 is 1.39. The van der Waals surface area contributed by atoms with Crippen molar-refractivity contribution in [3.05, 3.63) is 75.3 Å². The topological polar surface area (TPSA) is 126 Å². The van der Waals surface area contributed by atoms with Crippen molar-refractivity contribution in [2.45, 2.75) is 6.92 Å². The average Bonchev–Trinajstić information content (AvgIpc) is 3.36. The zero-order chi connectivity index (χ0) is 22.8. The van der Waals surface area contributed by atoms with Gasteiger partial charge in [0.25, 0.3) is 17.5 Å². The van der Waals surface area contributed by atoms with Gasteiger partial charge in [-0.2, -0.15) is 0 Å². The van der Waals surface area contributed by atoms with E-state index >= 15 is 0 Å². The second-order valence-electron chi connectivity index (χ2n) is 7.08. The molecule has 2 N–H and O–H groups in total. The molecule has 0 radical (unpaired) electrons. The van der Waals surface area contributed by atoms with E-state index in [9.17, 15) is 19.7 Å². The van der Waals surface area contributed by atoms with Gasteiger partial charge in [0.1, 0.15) is 10.7 Å². The molecule has 0 atom stereocenters. The molecule has 32 heavy (non-hydrogen) atoms. The number of β-amino-alcohol motifs (C(OH)–C–C–N with tert-alkyl or cyclic N) is 1. The number of benzene rings is 2. The van der Waals surface area contributed by atoms with E-state index in [-0.39, 0.29) is 24.5 Å². The summed E-state index contributed by atoms with van der Waals surface area (Å²) in [6.45, 7) is 1.33. The van der Waals surface area contributed by atoms with Crippen LogP contribution in [0.5, 0.6) is 0 Å². The maximum Gasteiger partial charge on any atom is 0.277 e. The Kier molecular flexibility index (Phi) is 5.80. The number of nitro groups is 1. The first kappa shape index (κ1) is 21.3. The standard InChI is InChI=1S/C22H18N4O5S/c1-13-5-6-14(10-19(13)26(30)31)18-12-32-21(24-18)15-3-2-4-16(9-15)23-17-11-20(28)25(7-8-27)22(17)29/h2-6,9-12,23,27H,7-8H2,1H3. The minimum atomic E-state index is -0.494. The molecule has 0 saturated carbocycles. The van der Waals surface area contributed by atoms with E-state index in [0.29, 0.717) is 27.5 Å².